The maximum absolute atomic E-state index is 12.5. The SMILES string of the molecule is CC(C)(N)C(=O)N[C@H](COCc1ccccc1C#N)c1nnc2ccc(C#N)cn12. The van der Waals surface area contributed by atoms with Gasteiger partial charge in [-0.1, -0.05) is 18.2 Å². The van der Waals surface area contributed by atoms with E-state index in [0.717, 1.165) is 5.56 Å². The molecule has 3 N–H and O–H groups in total. The van der Waals surface area contributed by atoms with Gasteiger partial charge in [0.05, 0.1) is 35.9 Å². The number of nitrogens with one attached hydrogen (secondary N) is 1. The van der Waals surface area contributed by atoms with E-state index in [9.17, 15) is 15.3 Å². The molecule has 9 heteroatoms. The van der Waals surface area contributed by atoms with Crippen molar-refractivity contribution in [3.05, 3.63) is 65.1 Å². The molecule has 152 valence electrons. The van der Waals surface area contributed by atoms with Gasteiger partial charge in [0.25, 0.3) is 0 Å². The summed E-state index contributed by atoms with van der Waals surface area (Å²) in [5, 5.41) is 29.5. The molecule has 2 heterocycles. The number of nitrogens with zero attached hydrogens (tertiary/aromatic N) is 5. The molecule has 3 aromatic rings. The van der Waals surface area contributed by atoms with Crippen LogP contribution in [0.2, 0.25) is 0 Å². The molecule has 0 saturated heterocycles. The minimum Gasteiger partial charge on any atom is -0.374 e. The number of hydrogen-bond donors (Lipinski definition) is 2. The third-order valence-corrected chi connectivity index (χ3v) is 4.44. The molecule has 2 aromatic heterocycles. The Morgan fingerprint density at radius 2 is 2.00 bits per heavy atom. The van der Waals surface area contributed by atoms with E-state index in [1.165, 1.54) is 0 Å². The van der Waals surface area contributed by atoms with Crippen molar-refractivity contribution in [3.63, 3.8) is 0 Å². The van der Waals surface area contributed by atoms with Crippen molar-refractivity contribution in [1.82, 2.24) is 19.9 Å². The molecule has 1 aromatic carbocycles. The molecular weight excluding hydrogens is 382 g/mol. The first-order valence-corrected chi connectivity index (χ1v) is 9.24. The Bertz CT molecular complexity index is 1150. The number of benzene rings is 1. The predicted octanol–water partition coefficient (Wildman–Crippen LogP) is 1.58. The zero-order valence-corrected chi connectivity index (χ0v) is 16.7. The van der Waals surface area contributed by atoms with Gasteiger partial charge >= 0.3 is 0 Å². The number of carbonyl (C=O) groups is 1. The number of nitrogens with two attached hydrogens (primary N) is 1. The summed E-state index contributed by atoms with van der Waals surface area (Å²) < 4.78 is 7.45. The van der Waals surface area contributed by atoms with Crippen LogP contribution in [0.4, 0.5) is 0 Å². The lowest BCUT2D eigenvalue weighted by Gasteiger charge is -2.23. The fraction of sp³-hybridized carbons (Fsp3) is 0.286. The zero-order chi connectivity index (χ0) is 21.7. The third kappa shape index (κ3) is 4.61. The van der Waals surface area contributed by atoms with Gasteiger partial charge < -0.3 is 15.8 Å². The number of rotatable bonds is 7. The molecular formula is C21H21N7O2. The van der Waals surface area contributed by atoms with Crippen LogP contribution in [0.15, 0.2) is 42.6 Å². The summed E-state index contributed by atoms with van der Waals surface area (Å²) in [5.74, 6) is 0.0231. The second kappa shape index (κ2) is 8.70. The average molecular weight is 403 g/mol. The summed E-state index contributed by atoms with van der Waals surface area (Å²) in [5.41, 5.74) is 7.03. The van der Waals surface area contributed by atoms with Crippen LogP contribution < -0.4 is 11.1 Å². The van der Waals surface area contributed by atoms with E-state index < -0.39 is 11.6 Å². The number of ether oxygens (including phenoxy) is 1. The summed E-state index contributed by atoms with van der Waals surface area (Å²) in [7, 11) is 0. The van der Waals surface area contributed by atoms with E-state index in [0.29, 0.717) is 22.6 Å². The average Bonchev–Trinajstić information content (AvgIpc) is 3.15. The maximum atomic E-state index is 12.5. The fourth-order valence-electron chi connectivity index (χ4n) is 2.78. The first-order chi connectivity index (χ1) is 14.3. The number of pyridine rings is 1. The summed E-state index contributed by atoms with van der Waals surface area (Å²) in [6, 6.07) is 14.0. The van der Waals surface area contributed by atoms with Gasteiger partial charge in [0.2, 0.25) is 5.91 Å². The van der Waals surface area contributed by atoms with Gasteiger partial charge in [-0.25, -0.2) is 0 Å². The van der Waals surface area contributed by atoms with E-state index in [1.54, 1.807) is 54.8 Å². The quantitative estimate of drug-likeness (QED) is 0.610. The van der Waals surface area contributed by atoms with Crippen molar-refractivity contribution in [3.8, 4) is 12.1 Å². The van der Waals surface area contributed by atoms with Gasteiger partial charge in [-0.3, -0.25) is 9.20 Å². The highest BCUT2D eigenvalue weighted by Crippen LogP contribution is 2.17. The minimum atomic E-state index is -1.11. The number of carbonyl (C=O) groups excluding carboxylic acids is 1. The van der Waals surface area contributed by atoms with Crippen molar-refractivity contribution >= 4 is 11.6 Å². The van der Waals surface area contributed by atoms with Crippen LogP contribution in [0.1, 0.15) is 42.4 Å². The Hall–Kier alpha value is -3.79. The van der Waals surface area contributed by atoms with Crippen LogP contribution in [-0.2, 0) is 16.1 Å². The molecule has 0 spiro atoms. The van der Waals surface area contributed by atoms with Crippen LogP contribution in [0.5, 0.6) is 0 Å². The molecule has 0 aliphatic carbocycles. The smallest absolute Gasteiger partial charge is 0.240 e. The lowest BCUT2D eigenvalue weighted by atomic mass is 10.1. The third-order valence-electron chi connectivity index (χ3n) is 4.44. The van der Waals surface area contributed by atoms with Gasteiger partial charge in [-0.05, 0) is 37.6 Å². The summed E-state index contributed by atoms with van der Waals surface area (Å²) in [4.78, 5) is 12.5. The van der Waals surface area contributed by atoms with Gasteiger partial charge in [-0.15, -0.1) is 10.2 Å². The molecule has 0 fully saturated rings. The first kappa shape index (κ1) is 20.9. The highest BCUT2D eigenvalue weighted by Gasteiger charge is 2.28. The molecule has 0 unspecified atom stereocenters. The van der Waals surface area contributed by atoms with Gasteiger partial charge in [-0.2, -0.15) is 10.5 Å². The highest BCUT2D eigenvalue weighted by molar-refractivity contribution is 5.85. The van der Waals surface area contributed by atoms with E-state index >= 15 is 0 Å². The van der Waals surface area contributed by atoms with E-state index in [1.807, 2.05) is 6.07 Å². The van der Waals surface area contributed by atoms with Crippen LogP contribution in [0.3, 0.4) is 0 Å². The molecule has 0 bridgehead atoms. The van der Waals surface area contributed by atoms with Gasteiger partial charge in [0, 0.05) is 6.20 Å². The van der Waals surface area contributed by atoms with E-state index in [2.05, 4.69) is 27.7 Å². The molecule has 9 nitrogen and oxygen atoms in total. The maximum Gasteiger partial charge on any atom is 0.240 e. The topological polar surface area (TPSA) is 142 Å². The zero-order valence-electron chi connectivity index (χ0n) is 16.7. The second-order valence-corrected chi connectivity index (χ2v) is 7.35. The summed E-state index contributed by atoms with van der Waals surface area (Å²) in [6.07, 6.45) is 1.60. The van der Waals surface area contributed by atoms with Crippen molar-refractivity contribution in [2.75, 3.05) is 6.61 Å². The normalized spacial score (nSPS) is 12.2. The number of hydrogen-bond acceptors (Lipinski definition) is 7. The van der Waals surface area contributed by atoms with Crippen LogP contribution in [0.25, 0.3) is 5.65 Å². The standard InChI is InChI=1S/C21H21N7O2/c1-21(2,24)20(29)25-17(13-30-12-16-6-4-3-5-15(16)10-23)19-27-26-18-8-7-14(9-22)11-28(18)19/h3-8,11,17H,12-13,24H2,1-2H3,(H,25,29)/t17-/m1/s1. The Labute approximate surface area is 173 Å². The lowest BCUT2D eigenvalue weighted by Crippen LogP contribution is -2.50. The Kier molecular flexibility index (Phi) is 6.07. The Morgan fingerprint density at radius 1 is 1.23 bits per heavy atom. The number of amides is 1. The molecule has 0 saturated carbocycles. The van der Waals surface area contributed by atoms with Gasteiger partial charge in [0.15, 0.2) is 11.5 Å². The molecule has 0 aliphatic heterocycles. The van der Waals surface area contributed by atoms with Gasteiger partial charge in [0.1, 0.15) is 12.1 Å². The Balaban J connectivity index is 1.87. The number of fused-ring (bicyclic) bond motifs is 1. The monoisotopic (exact) mass is 403 g/mol. The first-order valence-electron chi connectivity index (χ1n) is 9.24. The van der Waals surface area contributed by atoms with Crippen LogP contribution >= 0.6 is 0 Å². The summed E-state index contributed by atoms with van der Waals surface area (Å²) in [6.45, 7) is 3.44. The lowest BCUT2D eigenvalue weighted by molar-refractivity contribution is -0.126. The molecule has 30 heavy (non-hydrogen) atoms. The van der Waals surface area contributed by atoms with Crippen molar-refractivity contribution in [2.24, 2.45) is 5.73 Å². The largest absolute Gasteiger partial charge is 0.374 e. The predicted molar refractivity (Wildman–Crippen MR) is 108 cm³/mol. The fourth-order valence-corrected chi connectivity index (χ4v) is 2.78. The molecule has 3 rings (SSSR count). The molecule has 1 amide bonds. The highest BCUT2D eigenvalue weighted by atomic mass is 16.5. The molecule has 0 radical (unpaired) electrons. The van der Waals surface area contributed by atoms with Crippen LogP contribution in [-0.4, -0.2) is 32.7 Å². The van der Waals surface area contributed by atoms with Crippen molar-refractivity contribution < 1.29 is 9.53 Å². The van der Waals surface area contributed by atoms with Crippen molar-refractivity contribution in [1.29, 1.82) is 10.5 Å². The molecule has 0 aliphatic rings. The van der Waals surface area contributed by atoms with E-state index in [-0.39, 0.29) is 19.1 Å². The van der Waals surface area contributed by atoms with E-state index in [4.69, 9.17) is 10.5 Å². The number of aromatic nitrogens is 3. The van der Waals surface area contributed by atoms with Crippen molar-refractivity contribution in [2.45, 2.75) is 32.0 Å². The minimum absolute atomic E-state index is 0.0686. The number of nitriles is 2. The second-order valence-electron chi connectivity index (χ2n) is 7.35. The Morgan fingerprint density at radius 3 is 2.70 bits per heavy atom. The molecule has 1 atom stereocenters. The summed E-state index contributed by atoms with van der Waals surface area (Å²) >= 11 is 0. The van der Waals surface area contributed by atoms with Crippen LogP contribution in [0, 0.1) is 22.7 Å².